The maximum Gasteiger partial charge on any atom is 0.287 e. The van der Waals surface area contributed by atoms with Gasteiger partial charge in [-0.05, 0) is 25.5 Å². The summed E-state index contributed by atoms with van der Waals surface area (Å²) in [5.74, 6) is 0.514. The molecule has 0 unspecified atom stereocenters. The second-order valence-electron chi connectivity index (χ2n) is 5.67. The predicted molar refractivity (Wildman–Crippen MR) is 97.5 cm³/mol. The maximum atomic E-state index is 12.3. The van der Waals surface area contributed by atoms with Crippen LogP contribution in [0.3, 0.4) is 0 Å². The molecule has 3 heterocycles. The molecule has 1 atom stereocenters. The molecule has 26 heavy (non-hydrogen) atoms. The van der Waals surface area contributed by atoms with Crippen molar-refractivity contribution in [2.75, 3.05) is 12.8 Å². The van der Waals surface area contributed by atoms with Crippen molar-refractivity contribution < 1.29 is 9.53 Å². The first-order valence-electron chi connectivity index (χ1n) is 8.01. The number of H-pyrrole nitrogens is 1. The number of aromatic nitrogens is 5. The fraction of sp³-hybridized carbons (Fsp3) is 0.235. The zero-order chi connectivity index (χ0) is 18.5. The number of pyridine rings is 1. The van der Waals surface area contributed by atoms with E-state index >= 15 is 0 Å². The average molecular weight is 353 g/mol. The zero-order valence-corrected chi connectivity index (χ0v) is 14.4. The second-order valence-corrected chi connectivity index (χ2v) is 5.67. The number of hydrogen-bond acceptors (Lipinski definition) is 7. The molecule has 0 aliphatic rings. The molecule has 0 aromatic carbocycles. The summed E-state index contributed by atoms with van der Waals surface area (Å²) in [7, 11) is 1.52. The van der Waals surface area contributed by atoms with Crippen LogP contribution in [0.25, 0.3) is 17.2 Å². The molecule has 134 valence electrons. The lowest BCUT2D eigenvalue weighted by Crippen LogP contribution is -2.32. The van der Waals surface area contributed by atoms with Crippen LogP contribution in [0.4, 0.5) is 5.95 Å². The van der Waals surface area contributed by atoms with Crippen molar-refractivity contribution in [1.82, 2.24) is 30.2 Å². The van der Waals surface area contributed by atoms with E-state index in [1.807, 2.05) is 25.1 Å². The number of carbonyl (C=O) groups is 1. The SMILES string of the molecule is COc1nc(N)ncc1/C=C/C[C@H](C)NC(=O)c1nc2ncccc2[nH]1. The Labute approximate surface area is 149 Å². The van der Waals surface area contributed by atoms with Crippen molar-refractivity contribution in [3.05, 3.63) is 42.0 Å². The summed E-state index contributed by atoms with van der Waals surface area (Å²) in [6, 6.07) is 3.51. The molecule has 9 nitrogen and oxygen atoms in total. The third-order valence-corrected chi connectivity index (χ3v) is 3.63. The minimum absolute atomic E-state index is 0.0967. The summed E-state index contributed by atoms with van der Waals surface area (Å²) in [6.07, 6.45) is 7.56. The lowest BCUT2D eigenvalue weighted by atomic mass is 10.2. The highest BCUT2D eigenvalue weighted by Crippen LogP contribution is 2.17. The van der Waals surface area contributed by atoms with Gasteiger partial charge in [0.2, 0.25) is 11.8 Å². The number of nitrogens with two attached hydrogens (primary N) is 1. The molecule has 0 aliphatic heterocycles. The quantitative estimate of drug-likeness (QED) is 0.612. The molecule has 0 saturated heterocycles. The first kappa shape index (κ1) is 17.3. The number of aromatic amines is 1. The summed E-state index contributed by atoms with van der Waals surface area (Å²) >= 11 is 0. The van der Waals surface area contributed by atoms with Crippen LogP contribution in [-0.2, 0) is 0 Å². The lowest BCUT2D eigenvalue weighted by Gasteiger charge is -2.10. The van der Waals surface area contributed by atoms with Gasteiger partial charge in [0.25, 0.3) is 5.91 Å². The fourth-order valence-corrected chi connectivity index (χ4v) is 2.37. The summed E-state index contributed by atoms with van der Waals surface area (Å²) in [6.45, 7) is 1.90. The van der Waals surface area contributed by atoms with E-state index in [-0.39, 0.29) is 23.7 Å². The van der Waals surface area contributed by atoms with Crippen LogP contribution in [0.2, 0.25) is 0 Å². The van der Waals surface area contributed by atoms with Crippen LogP contribution in [0.15, 0.2) is 30.6 Å². The second kappa shape index (κ2) is 7.60. The first-order valence-corrected chi connectivity index (χ1v) is 8.01. The normalized spacial score (nSPS) is 12.4. The first-order chi connectivity index (χ1) is 12.6. The smallest absolute Gasteiger partial charge is 0.287 e. The molecule has 3 aromatic heterocycles. The van der Waals surface area contributed by atoms with E-state index < -0.39 is 0 Å². The van der Waals surface area contributed by atoms with Gasteiger partial charge in [0.15, 0.2) is 11.5 Å². The highest BCUT2D eigenvalue weighted by atomic mass is 16.5. The Balaban J connectivity index is 1.60. The number of ether oxygens (including phenoxy) is 1. The number of nitrogens with zero attached hydrogens (tertiary/aromatic N) is 4. The summed E-state index contributed by atoms with van der Waals surface area (Å²) in [5, 5.41) is 2.89. The van der Waals surface area contributed by atoms with Gasteiger partial charge in [-0.1, -0.05) is 12.2 Å². The number of hydrogen-bond donors (Lipinski definition) is 3. The lowest BCUT2D eigenvalue weighted by molar-refractivity contribution is 0.0931. The Hall–Kier alpha value is -3.49. The Morgan fingerprint density at radius 1 is 1.42 bits per heavy atom. The van der Waals surface area contributed by atoms with Crippen LogP contribution in [0, 0.1) is 0 Å². The zero-order valence-electron chi connectivity index (χ0n) is 14.4. The van der Waals surface area contributed by atoms with Crippen LogP contribution >= 0.6 is 0 Å². The van der Waals surface area contributed by atoms with Gasteiger partial charge in [0, 0.05) is 18.4 Å². The number of imidazole rings is 1. The summed E-state index contributed by atoms with van der Waals surface area (Å²) in [5.41, 5.74) is 7.48. The van der Waals surface area contributed by atoms with E-state index in [1.165, 1.54) is 7.11 Å². The largest absolute Gasteiger partial charge is 0.480 e. The topological polar surface area (TPSA) is 132 Å². The molecular weight excluding hydrogens is 334 g/mol. The number of methoxy groups -OCH3 is 1. The fourth-order valence-electron chi connectivity index (χ4n) is 2.37. The van der Waals surface area contributed by atoms with Gasteiger partial charge in [-0.15, -0.1) is 0 Å². The van der Waals surface area contributed by atoms with E-state index in [0.717, 1.165) is 5.52 Å². The van der Waals surface area contributed by atoms with Gasteiger partial charge in [-0.3, -0.25) is 4.79 Å². The molecule has 4 N–H and O–H groups in total. The molecule has 3 aromatic rings. The number of fused-ring (bicyclic) bond motifs is 1. The molecule has 0 spiro atoms. The Bertz CT molecular complexity index is 918. The van der Waals surface area contributed by atoms with Crippen molar-refractivity contribution in [3.8, 4) is 5.88 Å². The number of anilines is 1. The summed E-state index contributed by atoms with van der Waals surface area (Å²) < 4.78 is 5.16. The molecular formula is C17H19N7O2. The maximum absolute atomic E-state index is 12.3. The number of rotatable bonds is 6. The van der Waals surface area contributed by atoms with Crippen molar-refractivity contribution in [1.29, 1.82) is 0 Å². The molecule has 9 heteroatoms. The van der Waals surface area contributed by atoms with E-state index in [0.29, 0.717) is 23.5 Å². The highest BCUT2D eigenvalue weighted by molar-refractivity contribution is 5.93. The van der Waals surface area contributed by atoms with Gasteiger partial charge < -0.3 is 20.8 Å². The predicted octanol–water partition coefficient (Wildman–Crippen LogP) is 1.56. The van der Waals surface area contributed by atoms with E-state index in [1.54, 1.807) is 18.5 Å². The molecule has 0 saturated carbocycles. The monoisotopic (exact) mass is 353 g/mol. The van der Waals surface area contributed by atoms with E-state index in [2.05, 4.69) is 30.2 Å². The molecule has 3 rings (SSSR count). The standard InChI is InChI=1S/C17H19N7O2/c1-10(5-3-6-11-9-20-17(18)24-16(11)26-2)21-15(25)14-22-12-7-4-8-19-13(12)23-14/h3-4,6-10H,5H2,1-2H3,(H,21,25)(H2,18,20,24)(H,19,22,23)/b6-3+/t10-/m0/s1. The van der Waals surface area contributed by atoms with Gasteiger partial charge in [-0.2, -0.15) is 4.98 Å². The van der Waals surface area contributed by atoms with Crippen LogP contribution in [0.1, 0.15) is 29.5 Å². The number of nitrogens with one attached hydrogen (secondary N) is 2. The van der Waals surface area contributed by atoms with Crippen LogP contribution in [-0.4, -0.2) is 44.0 Å². The minimum atomic E-state index is -0.280. The number of amides is 1. The molecule has 1 amide bonds. The van der Waals surface area contributed by atoms with E-state index in [4.69, 9.17) is 10.5 Å². The average Bonchev–Trinajstić information content (AvgIpc) is 3.07. The Kier molecular flexibility index (Phi) is 5.07. The van der Waals surface area contributed by atoms with Crippen molar-refractivity contribution in [2.45, 2.75) is 19.4 Å². The molecule has 0 radical (unpaired) electrons. The van der Waals surface area contributed by atoms with Gasteiger partial charge in [0.05, 0.1) is 18.2 Å². The van der Waals surface area contributed by atoms with Crippen LogP contribution in [0.5, 0.6) is 5.88 Å². The van der Waals surface area contributed by atoms with Crippen molar-refractivity contribution in [3.63, 3.8) is 0 Å². The Morgan fingerprint density at radius 2 is 2.27 bits per heavy atom. The van der Waals surface area contributed by atoms with Gasteiger partial charge in [-0.25, -0.2) is 15.0 Å². The molecule has 0 aliphatic carbocycles. The van der Waals surface area contributed by atoms with E-state index in [9.17, 15) is 4.79 Å². The van der Waals surface area contributed by atoms with Gasteiger partial charge >= 0.3 is 0 Å². The third kappa shape index (κ3) is 3.94. The summed E-state index contributed by atoms with van der Waals surface area (Å²) in [4.78, 5) is 31.5. The van der Waals surface area contributed by atoms with Gasteiger partial charge in [0.1, 0.15) is 0 Å². The van der Waals surface area contributed by atoms with Crippen molar-refractivity contribution in [2.24, 2.45) is 0 Å². The molecule has 0 bridgehead atoms. The van der Waals surface area contributed by atoms with Crippen molar-refractivity contribution >= 4 is 29.1 Å². The number of nitrogen functional groups attached to an aromatic ring is 1. The molecule has 0 fully saturated rings. The highest BCUT2D eigenvalue weighted by Gasteiger charge is 2.13. The third-order valence-electron chi connectivity index (χ3n) is 3.63. The Morgan fingerprint density at radius 3 is 3.04 bits per heavy atom. The number of carbonyl (C=O) groups excluding carboxylic acids is 1. The van der Waals surface area contributed by atoms with Crippen LogP contribution < -0.4 is 15.8 Å². The minimum Gasteiger partial charge on any atom is -0.480 e.